The first-order chi connectivity index (χ1) is 9.97. The molecule has 1 saturated carbocycles. The smallest absolute Gasteiger partial charge is 0.240 e. The number of hydrogen-bond donors (Lipinski definition) is 2. The Labute approximate surface area is 128 Å². The molecule has 4 nitrogen and oxygen atoms in total. The van der Waals surface area contributed by atoms with E-state index in [1.54, 1.807) is 12.1 Å². The third kappa shape index (κ3) is 5.00. The summed E-state index contributed by atoms with van der Waals surface area (Å²) in [6.45, 7) is 4.59. The maximum atomic E-state index is 12.0. The first-order valence-electron chi connectivity index (χ1n) is 7.83. The van der Waals surface area contributed by atoms with Gasteiger partial charge in [-0.05, 0) is 50.5 Å². The molecule has 0 amide bonds. The highest BCUT2D eigenvalue weighted by molar-refractivity contribution is 7.89. The molecule has 0 saturated heterocycles. The molecule has 0 heterocycles. The third-order valence-electron chi connectivity index (χ3n) is 3.91. The summed E-state index contributed by atoms with van der Waals surface area (Å²) in [6, 6.07) is 6.89. The number of hydrogen-bond acceptors (Lipinski definition) is 3. The molecule has 1 aliphatic rings. The molecule has 118 valence electrons. The zero-order valence-corrected chi connectivity index (χ0v) is 13.7. The Balaban J connectivity index is 1.86. The third-order valence-corrected chi connectivity index (χ3v) is 5.59. The van der Waals surface area contributed by atoms with E-state index in [4.69, 9.17) is 0 Å². The summed E-state index contributed by atoms with van der Waals surface area (Å²) in [5, 5.41) is 3.38. The fourth-order valence-electron chi connectivity index (χ4n) is 2.85. The quantitative estimate of drug-likeness (QED) is 0.812. The van der Waals surface area contributed by atoms with E-state index in [0.717, 1.165) is 18.2 Å². The molecule has 0 unspecified atom stereocenters. The van der Waals surface area contributed by atoms with Crippen molar-refractivity contribution in [3.05, 3.63) is 24.3 Å². The molecule has 21 heavy (non-hydrogen) atoms. The lowest BCUT2D eigenvalue weighted by Crippen LogP contribution is -2.30. The highest BCUT2D eigenvalue weighted by Crippen LogP contribution is 2.27. The summed E-state index contributed by atoms with van der Waals surface area (Å²) < 4.78 is 26.6. The van der Waals surface area contributed by atoms with Crippen LogP contribution in [-0.2, 0) is 10.0 Å². The van der Waals surface area contributed by atoms with Crippen LogP contribution < -0.4 is 10.0 Å². The molecule has 1 aromatic carbocycles. The van der Waals surface area contributed by atoms with Gasteiger partial charge in [0.2, 0.25) is 10.0 Å². The highest BCUT2D eigenvalue weighted by atomic mass is 32.2. The van der Waals surface area contributed by atoms with E-state index in [0.29, 0.717) is 4.90 Å². The van der Waals surface area contributed by atoms with Crippen LogP contribution in [0.5, 0.6) is 0 Å². The predicted octanol–water partition coefficient (Wildman–Crippen LogP) is 3.37. The fraction of sp³-hybridized carbons (Fsp3) is 0.625. The number of nitrogens with one attached hydrogen (secondary N) is 2. The molecule has 0 bridgehead atoms. The van der Waals surface area contributed by atoms with Gasteiger partial charge in [-0.2, -0.15) is 0 Å². The Bertz CT molecular complexity index is 532. The summed E-state index contributed by atoms with van der Waals surface area (Å²) in [6.07, 6.45) is 6.68. The topological polar surface area (TPSA) is 58.2 Å². The van der Waals surface area contributed by atoms with Gasteiger partial charge < -0.3 is 5.32 Å². The van der Waals surface area contributed by atoms with Crippen LogP contribution in [0.3, 0.4) is 0 Å². The van der Waals surface area contributed by atoms with Gasteiger partial charge in [-0.25, -0.2) is 13.1 Å². The second-order valence-electron chi connectivity index (χ2n) is 6.17. The maximum Gasteiger partial charge on any atom is 0.240 e. The lowest BCUT2D eigenvalue weighted by molar-refractivity contribution is 0.518. The van der Waals surface area contributed by atoms with E-state index in [-0.39, 0.29) is 6.04 Å². The van der Waals surface area contributed by atoms with Gasteiger partial charge in [0.15, 0.2) is 0 Å². The summed E-state index contributed by atoms with van der Waals surface area (Å²) >= 11 is 0. The van der Waals surface area contributed by atoms with Gasteiger partial charge >= 0.3 is 0 Å². The molecule has 0 aliphatic heterocycles. The van der Waals surface area contributed by atoms with Crippen molar-refractivity contribution in [2.75, 3.05) is 11.9 Å². The molecule has 0 spiro atoms. The first-order valence-corrected chi connectivity index (χ1v) is 9.32. The van der Waals surface area contributed by atoms with Crippen molar-refractivity contribution in [1.82, 2.24) is 4.72 Å². The Morgan fingerprint density at radius 1 is 1.14 bits per heavy atom. The minimum absolute atomic E-state index is 0.0980. The molecule has 0 aromatic heterocycles. The molecule has 1 aliphatic carbocycles. The lowest BCUT2D eigenvalue weighted by Gasteiger charge is -2.12. The predicted molar refractivity (Wildman–Crippen MR) is 87.0 cm³/mol. The highest BCUT2D eigenvalue weighted by Gasteiger charge is 2.15. The summed E-state index contributed by atoms with van der Waals surface area (Å²) in [5.74, 6) is 0.868. The van der Waals surface area contributed by atoms with Crippen LogP contribution in [0, 0.1) is 5.92 Å². The van der Waals surface area contributed by atoms with E-state index in [1.807, 2.05) is 26.0 Å². The zero-order valence-electron chi connectivity index (χ0n) is 12.9. The van der Waals surface area contributed by atoms with Crippen molar-refractivity contribution in [1.29, 1.82) is 0 Å². The molecule has 1 aromatic rings. The fourth-order valence-corrected chi connectivity index (χ4v) is 4.10. The Hall–Kier alpha value is -1.07. The van der Waals surface area contributed by atoms with Gasteiger partial charge in [-0.15, -0.1) is 0 Å². The molecule has 2 N–H and O–H groups in total. The van der Waals surface area contributed by atoms with Crippen molar-refractivity contribution < 1.29 is 8.42 Å². The van der Waals surface area contributed by atoms with E-state index < -0.39 is 10.0 Å². The van der Waals surface area contributed by atoms with Crippen LogP contribution in [0.1, 0.15) is 46.0 Å². The second-order valence-corrected chi connectivity index (χ2v) is 7.88. The van der Waals surface area contributed by atoms with Crippen molar-refractivity contribution in [2.45, 2.75) is 56.9 Å². The van der Waals surface area contributed by atoms with Crippen molar-refractivity contribution in [3.8, 4) is 0 Å². The Kier molecular flexibility index (Phi) is 5.65. The molecular weight excluding hydrogens is 284 g/mol. The van der Waals surface area contributed by atoms with Crippen LogP contribution in [0.25, 0.3) is 0 Å². The number of rotatable bonds is 7. The molecule has 0 radical (unpaired) electrons. The number of sulfonamides is 1. The minimum atomic E-state index is -3.39. The number of anilines is 1. The van der Waals surface area contributed by atoms with Gasteiger partial charge in [0.1, 0.15) is 0 Å². The van der Waals surface area contributed by atoms with Crippen LogP contribution in [0.15, 0.2) is 29.2 Å². The van der Waals surface area contributed by atoms with E-state index >= 15 is 0 Å². The second kappa shape index (κ2) is 7.27. The lowest BCUT2D eigenvalue weighted by atomic mass is 10.0. The van der Waals surface area contributed by atoms with Gasteiger partial charge in [-0.1, -0.05) is 25.7 Å². The molecule has 0 atom stereocenters. The van der Waals surface area contributed by atoms with E-state index in [9.17, 15) is 8.42 Å². The summed E-state index contributed by atoms with van der Waals surface area (Å²) in [5.41, 5.74) is 0.983. The summed E-state index contributed by atoms with van der Waals surface area (Å²) in [4.78, 5) is 0.317. The van der Waals surface area contributed by atoms with Crippen LogP contribution in [0.2, 0.25) is 0 Å². The van der Waals surface area contributed by atoms with Gasteiger partial charge in [0, 0.05) is 18.3 Å². The standard InChI is InChI=1S/C16H26N2O2S/c1-13(2)18-21(19,20)16-9-7-15(8-10-16)17-12-11-14-5-3-4-6-14/h7-10,13-14,17-18H,3-6,11-12H2,1-2H3. The average molecular weight is 310 g/mol. The average Bonchev–Trinajstić information content (AvgIpc) is 2.91. The van der Waals surface area contributed by atoms with Crippen LogP contribution in [0.4, 0.5) is 5.69 Å². The maximum absolute atomic E-state index is 12.0. The monoisotopic (exact) mass is 310 g/mol. The molecule has 1 fully saturated rings. The van der Waals surface area contributed by atoms with E-state index in [1.165, 1.54) is 32.1 Å². The first kappa shape index (κ1) is 16.3. The van der Waals surface area contributed by atoms with Crippen LogP contribution >= 0.6 is 0 Å². The van der Waals surface area contributed by atoms with Crippen molar-refractivity contribution in [3.63, 3.8) is 0 Å². The number of benzene rings is 1. The summed E-state index contributed by atoms with van der Waals surface area (Å²) in [7, 11) is -3.39. The van der Waals surface area contributed by atoms with Crippen LogP contribution in [-0.4, -0.2) is 21.0 Å². The van der Waals surface area contributed by atoms with Gasteiger partial charge in [-0.3, -0.25) is 0 Å². The normalized spacial score (nSPS) is 16.5. The molecule has 5 heteroatoms. The minimum Gasteiger partial charge on any atom is -0.385 e. The van der Waals surface area contributed by atoms with Gasteiger partial charge in [0.25, 0.3) is 0 Å². The van der Waals surface area contributed by atoms with Gasteiger partial charge in [0.05, 0.1) is 4.90 Å². The van der Waals surface area contributed by atoms with E-state index in [2.05, 4.69) is 10.0 Å². The van der Waals surface area contributed by atoms with Crippen molar-refractivity contribution in [2.24, 2.45) is 5.92 Å². The SMILES string of the molecule is CC(C)NS(=O)(=O)c1ccc(NCCC2CCCC2)cc1. The largest absolute Gasteiger partial charge is 0.385 e. The zero-order chi connectivity index (χ0) is 15.3. The van der Waals surface area contributed by atoms with Crippen molar-refractivity contribution >= 4 is 15.7 Å². The Morgan fingerprint density at radius 2 is 1.76 bits per heavy atom. The Morgan fingerprint density at radius 3 is 2.33 bits per heavy atom. The molecule has 2 rings (SSSR count). The molecular formula is C16H26N2O2S.